The van der Waals surface area contributed by atoms with E-state index >= 15 is 0 Å². The second-order valence-corrected chi connectivity index (χ2v) is 4.65. The standard InChI is InChI=1S/C14H21N/c1-3-12-8-9-15-14(12)10-13-7-5-4-6-11(13)2/h4-7,12,14-15H,3,8-10H2,1-2H3/t12-,14-/m1/s1. The van der Waals surface area contributed by atoms with Gasteiger partial charge in [-0.05, 0) is 43.4 Å². The van der Waals surface area contributed by atoms with Crippen LogP contribution < -0.4 is 5.32 Å². The van der Waals surface area contributed by atoms with Crippen molar-refractivity contribution in [3.05, 3.63) is 35.4 Å². The molecule has 1 heterocycles. The Kier molecular flexibility index (Phi) is 3.42. The van der Waals surface area contributed by atoms with Gasteiger partial charge in [-0.1, -0.05) is 37.6 Å². The summed E-state index contributed by atoms with van der Waals surface area (Å²) in [4.78, 5) is 0. The highest BCUT2D eigenvalue weighted by molar-refractivity contribution is 5.26. The van der Waals surface area contributed by atoms with Crippen LogP contribution in [0.5, 0.6) is 0 Å². The lowest BCUT2D eigenvalue weighted by atomic mass is 9.91. The summed E-state index contributed by atoms with van der Waals surface area (Å²) < 4.78 is 0. The van der Waals surface area contributed by atoms with Gasteiger partial charge in [-0.25, -0.2) is 0 Å². The van der Waals surface area contributed by atoms with Gasteiger partial charge in [0.1, 0.15) is 0 Å². The fourth-order valence-corrected chi connectivity index (χ4v) is 2.63. The summed E-state index contributed by atoms with van der Waals surface area (Å²) in [6.45, 7) is 5.73. The SMILES string of the molecule is CC[C@@H]1CCN[C@@H]1Cc1ccccc1C. The Balaban J connectivity index is 2.05. The van der Waals surface area contributed by atoms with Gasteiger partial charge in [-0.15, -0.1) is 0 Å². The van der Waals surface area contributed by atoms with Crippen molar-refractivity contribution in [1.82, 2.24) is 5.32 Å². The molecule has 1 saturated heterocycles. The third-order valence-electron chi connectivity index (χ3n) is 3.72. The normalized spacial score (nSPS) is 25.7. The highest BCUT2D eigenvalue weighted by Crippen LogP contribution is 2.23. The van der Waals surface area contributed by atoms with E-state index in [0.29, 0.717) is 6.04 Å². The largest absolute Gasteiger partial charge is 0.313 e. The number of nitrogens with one attached hydrogen (secondary N) is 1. The fourth-order valence-electron chi connectivity index (χ4n) is 2.63. The molecule has 1 aromatic rings. The number of benzene rings is 1. The summed E-state index contributed by atoms with van der Waals surface area (Å²) in [5.74, 6) is 0.879. The van der Waals surface area contributed by atoms with Crippen LogP contribution in [-0.2, 0) is 6.42 Å². The zero-order chi connectivity index (χ0) is 10.7. The van der Waals surface area contributed by atoms with E-state index in [1.165, 1.54) is 36.9 Å². The molecule has 15 heavy (non-hydrogen) atoms. The molecular weight excluding hydrogens is 182 g/mol. The molecule has 0 bridgehead atoms. The summed E-state index contributed by atoms with van der Waals surface area (Å²) in [7, 11) is 0. The molecule has 0 amide bonds. The number of hydrogen-bond donors (Lipinski definition) is 1. The lowest BCUT2D eigenvalue weighted by Gasteiger charge is -2.19. The van der Waals surface area contributed by atoms with Gasteiger partial charge in [-0.2, -0.15) is 0 Å². The summed E-state index contributed by atoms with van der Waals surface area (Å²) >= 11 is 0. The predicted molar refractivity (Wildman–Crippen MR) is 65.1 cm³/mol. The Labute approximate surface area is 92.9 Å². The van der Waals surface area contributed by atoms with Gasteiger partial charge in [0.15, 0.2) is 0 Å². The summed E-state index contributed by atoms with van der Waals surface area (Å²) in [6, 6.07) is 9.46. The predicted octanol–water partition coefficient (Wildman–Crippen LogP) is 2.93. The first-order valence-corrected chi connectivity index (χ1v) is 6.09. The monoisotopic (exact) mass is 203 g/mol. The second-order valence-electron chi connectivity index (χ2n) is 4.65. The van der Waals surface area contributed by atoms with Crippen molar-refractivity contribution in [3.63, 3.8) is 0 Å². The number of aryl methyl sites for hydroxylation is 1. The van der Waals surface area contributed by atoms with Crippen LogP contribution in [0.4, 0.5) is 0 Å². The van der Waals surface area contributed by atoms with Gasteiger partial charge < -0.3 is 5.32 Å². The molecule has 0 aliphatic carbocycles. The van der Waals surface area contributed by atoms with Crippen LogP contribution in [0, 0.1) is 12.8 Å². The van der Waals surface area contributed by atoms with Gasteiger partial charge in [-0.3, -0.25) is 0 Å². The maximum absolute atomic E-state index is 3.63. The van der Waals surface area contributed by atoms with Gasteiger partial charge >= 0.3 is 0 Å². The Bertz CT molecular complexity index is 319. The van der Waals surface area contributed by atoms with Crippen LogP contribution in [0.3, 0.4) is 0 Å². The molecule has 0 saturated carbocycles. The van der Waals surface area contributed by atoms with Crippen molar-refractivity contribution >= 4 is 0 Å². The lowest BCUT2D eigenvalue weighted by molar-refractivity contribution is 0.432. The van der Waals surface area contributed by atoms with Gasteiger partial charge in [0.25, 0.3) is 0 Å². The van der Waals surface area contributed by atoms with E-state index in [1.807, 2.05) is 0 Å². The zero-order valence-corrected chi connectivity index (χ0v) is 9.79. The summed E-state index contributed by atoms with van der Waals surface area (Å²) in [5, 5.41) is 3.63. The first kappa shape index (κ1) is 10.7. The van der Waals surface area contributed by atoms with Gasteiger partial charge in [0, 0.05) is 6.04 Å². The second kappa shape index (κ2) is 4.80. The molecule has 0 aromatic heterocycles. The first-order valence-electron chi connectivity index (χ1n) is 6.09. The zero-order valence-electron chi connectivity index (χ0n) is 9.79. The molecule has 1 aromatic carbocycles. The van der Waals surface area contributed by atoms with Crippen LogP contribution in [0.2, 0.25) is 0 Å². The molecule has 1 aliphatic heterocycles. The van der Waals surface area contributed by atoms with Crippen LogP contribution in [0.1, 0.15) is 30.9 Å². The van der Waals surface area contributed by atoms with Gasteiger partial charge in [0.05, 0.1) is 0 Å². The smallest absolute Gasteiger partial charge is 0.0136 e. The van der Waals surface area contributed by atoms with E-state index in [2.05, 4.69) is 43.4 Å². The fraction of sp³-hybridized carbons (Fsp3) is 0.571. The molecule has 1 heteroatoms. The van der Waals surface area contributed by atoms with Crippen molar-refractivity contribution < 1.29 is 0 Å². The Morgan fingerprint density at radius 2 is 2.13 bits per heavy atom. The first-order chi connectivity index (χ1) is 7.31. The minimum absolute atomic E-state index is 0.705. The van der Waals surface area contributed by atoms with E-state index in [0.717, 1.165) is 5.92 Å². The third-order valence-corrected chi connectivity index (χ3v) is 3.72. The minimum Gasteiger partial charge on any atom is -0.313 e. The van der Waals surface area contributed by atoms with E-state index in [-0.39, 0.29) is 0 Å². The average molecular weight is 203 g/mol. The molecule has 1 N–H and O–H groups in total. The average Bonchev–Trinajstić information content (AvgIpc) is 2.69. The van der Waals surface area contributed by atoms with Crippen molar-refractivity contribution in [2.45, 2.75) is 39.2 Å². The molecule has 0 radical (unpaired) electrons. The van der Waals surface area contributed by atoms with E-state index in [9.17, 15) is 0 Å². The third kappa shape index (κ3) is 2.40. The van der Waals surface area contributed by atoms with E-state index < -0.39 is 0 Å². The van der Waals surface area contributed by atoms with Crippen LogP contribution >= 0.6 is 0 Å². The molecule has 2 atom stereocenters. The molecule has 1 aliphatic rings. The van der Waals surface area contributed by atoms with Crippen molar-refractivity contribution in [2.75, 3.05) is 6.54 Å². The van der Waals surface area contributed by atoms with Crippen LogP contribution in [0.15, 0.2) is 24.3 Å². The van der Waals surface area contributed by atoms with Crippen molar-refractivity contribution in [1.29, 1.82) is 0 Å². The molecule has 2 rings (SSSR count). The summed E-state index contributed by atoms with van der Waals surface area (Å²) in [6.07, 6.45) is 3.86. The molecule has 0 unspecified atom stereocenters. The quantitative estimate of drug-likeness (QED) is 0.796. The lowest BCUT2D eigenvalue weighted by Crippen LogP contribution is -2.29. The van der Waals surface area contributed by atoms with E-state index in [4.69, 9.17) is 0 Å². The number of rotatable bonds is 3. The summed E-state index contributed by atoms with van der Waals surface area (Å²) in [5.41, 5.74) is 2.94. The number of hydrogen-bond acceptors (Lipinski definition) is 1. The Morgan fingerprint density at radius 1 is 1.33 bits per heavy atom. The minimum atomic E-state index is 0.705. The maximum atomic E-state index is 3.63. The van der Waals surface area contributed by atoms with E-state index in [1.54, 1.807) is 0 Å². The Hall–Kier alpha value is -0.820. The highest BCUT2D eigenvalue weighted by atomic mass is 14.9. The Morgan fingerprint density at radius 3 is 2.87 bits per heavy atom. The van der Waals surface area contributed by atoms with Gasteiger partial charge in [0.2, 0.25) is 0 Å². The topological polar surface area (TPSA) is 12.0 Å². The van der Waals surface area contributed by atoms with Crippen molar-refractivity contribution in [2.24, 2.45) is 5.92 Å². The van der Waals surface area contributed by atoms with Crippen LogP contribution in [0.25, 0.3) is 0 Å². The molecular formula is C14H21N. The molecule has 0 spiro atoms. The van der Waals surface area contributed by atoms with Crippen molar-refractivity contribution in [3.8, 4) is 0 Å². The maximum Gasteiger partial charge on any atom is 0.0136 e. The highest BCUT2D eigenvalue weighted by Gasteiger charge is 2.25. The van der Waals surface area contributed by atoms with Crippen LogP contribution in [-0.4, -0.2) is 12.6 Å². The molecule has 82 valence electrons. The molecule has 1 fully saturated rings. The molecule has 1 nitrogen and oxygen atoms in total.